The molecule has 0 amide bonds. The van der Waals surface area contributed by atoms with E-state index in [1.165, 1.54) is 12.1 Å². The largest absolute Gasteiger partial charge is 0.462 e. The predicted octanol–water partition coefficient (Wildman–Crippen LogP) is 5.10. The monoisotopic (exact) mass is 474 g/mol. The maximum atomic E-state index is 12.9. The second-order valence-electron chi connectivity index (χ2n) is 6.49. The van der Waals surface area contributed by atoms with Gasteiger partial charge in [0.15, 0.2) is 5.78 Å². The molecule has 0 heterocycles. The second-order valence-corrected chi connectivity index (χ2v) is 6.49. The van der Waals surface area contributed by atoms with Gasteiger partial charge in [-0.15, -0.1) is 0 Å². The van der Waals surface area contributed by atoms with Gasteiger partial charge in [-0.05, 0) is 42.0 Å². The van der Waals surface area contributed by atoms with Gasteiger partial charge in [0, 0.05) is 0 Å². The molecule has 0 spiro atoms. The molecule has 0 atom stereocenters. The van der Waals surface area contributed by atoms with Gasteiger partial charge in [0.25, 0.3) is 0 Å². The summed E-state index contributed by atoms with van der Waals surface area (Å²) in [5, 5.41) is 0. The summed E-state index contributed by atoms with van der Waals surface area (Å²) in [6.07, 6.45) is -8.16. The Hall–Kier alpha value is -3.63. The van der Waals surface area contributed by atoms with Crippen LogP contribution in [0.4, 0.5) is 26.3 Å². The first kappa shape index (κ1) is 25.6. The fourth-order valence-corrected chi connectivity index (χ4v) is 2.50. The molecule has 2 aromatic rings. The molecule has 0 bridgehead atoms. The summed E-state index contributed by atoms with van der Waals surface area (Å²) in [5.41, 5.74) is -2.27. The van der Waals surface area contributed by atoms with Crippen LogP contribution in [-0.4, -0.2) is 30.9 Å². The Bertz CT molecular complexity index is 1020. The highest BCUT2D eigenvalue weighted by Crippen LogP contribution is 2.32. The van der Waals surface area contributed by atoms with Crippen LogP contribution in [0.2, 0.25) is 0 Å². The number of carbonyl (C=O) groups excluding carboxylic acids is 3. The number of esters is 2. The van der Waals surface area contributed by atoms with Crippen molar-refractivity contribution in [1.29, 1.82) is 0 Å². The van der Waals surface area contributed by atoms with Crippen LogP contribution in [0.15, 0.2) is 54.6 Å². The third-order valence-corrected chi connectivity index (χ3v) is 4.06. The fourth-order valence-electron chi connectivity index (χ4n) is 2.50. The summed E-state index contributed by atoms with van der Waals surface area (Å²) in [7, 11) is 0. The number of benzene rings is 2. The van der Waals surface area contributed by atoms with Crippen molar-refractivity contribution in [3.63, 3.8) is 0 Å². The Kier molecular flexibility index (Phi) is 8.38. The highest BCUT2D eigenvalue weighted by atomic mass is 19.4. The van der Waals surface area contributed by atoms with Gasteiger partial charge >= 0.3 is 24.3 Å². The lowest BCUT2D eigenvalue weighted by Crippen LogP contribution is -2.16. The molecule has 5 nitrogen and oxygen atoms in total. The van der Waals surface area contributed by atoms with Gasteiger partial charge in [-0.2, -0.15) is 26.3 Å². The van der Waals surface area contributed by atoms with E-state index in [4.69, 9.17) is 9.47 Å². The van der Waals surface area contributed by atoms with Gasteiger partial charge < -0.3 is 9.47 Å². The molecular weight excluding hydrogens is 458 g/mol. The van der Waals surface area contributed by atoms with Crippen LogP contribution < -0.4 is 0 Å². The number of alkyl halides is 6. The van der Waals surface area contributed by atoms with E-state index >= 15 is 0 Å². The van der Waals surface area contributed by atoms with Gasteiger partial charge in [-0.3, -0.25) is 9.59 Å². The predicted molar refractivity (Wildman–Crippen MR) is 103 cm³/mol. The Labute approximate surface area is 183 Å². The van der Waals surface area contributed by atoms with Crippen molar-refractivity contribution in [2.75, 3.05) is 13.2 Å². The Balaban J connectivity index is 1.77. The molecule has 0 aromatic heterocycles. The third kappa shape index (κ3) is 8.09. The van der Waals surface area contributed by atoms with E-state index in [9.17, 15) is 40.7 Å². The summed E-state index contributed by atoms with van der Waals surface area (Å²) in [5.74, 6) is -2.75. The van der Waals surface area contributed by atoms with Gasteiger partial charge in [0.1, 0.15) is 19.6 Å². The molecule has 176 valence electrons. The third-order valence-electron chi connectivity index (χ3n) is 4.06. The number of ketones is 1. The molecule has 0 fully saturated rings. The molecular formula is C22H16F6O5. The zero-order valence-electron chi connectivity index (χ0n) is 16.7. The van der Waals surface area contributed by atoms with Crippen LogP contribution >= 0.6 is 0 Å². The molecule has 0 aliphatic carbocycles. The number of hydrogen-bond acceptors (Lipinski definition) is 5. The average Bonchev–Trinajstić information content (AvgIpc) is 2.74. The Morgan fingerprint density at radius 1 is 0.788 bits per heavy atom. The van der Waals surface area contributed by atoms with Crippen molar-refractivity contribution in [2.24, 2.45) is 0 Å². The molecule has 0 N–H and O–H groups in total. The van der Waals surface area contributed by atoms with Crippen LogP contribution in [-0.2, 0) is 31.4 Å². The van der Waals surface area contributed by atoms with E-state index in [1.807, 2.05) is 0 Å². The smallest absolute Gasteiger partial charge is 0.416 e. The van der Waals surface area contributed by atoms with Crippen LogP contribution in [0.1, 0.15) is 33.5 Å². The topological polar surface area (TPSA) is 69.7 Å². The van der Waals surface area contributed by atoms with E-state index in [2.05, 4.69) is 0 Å². The SMILES string of the molecule is O=C(C=Cc1ccccc1C(F)(F)F)CC(=O)OCCOC(=O)c1ccc(C(F)(F)F)cc1. The fraction of sp³-hybridized carbons (Fsp3) is 0.227. The first-order valence-corrected chi connectivity index (χ1v) is 9.25. The zero-order valence-corrected chi connectivity index (χ0v) is 16.7. The molecule has 2 aromatic carbocycles. The maximum absolute atomic E-state index is 12.9. The van der Waals surface area contributed by atoms with E-state index < -0.39 is 60.8 Å². The molecule has 0 aliphatic heterocycles. The Morgan fingerprint density at radius 2 is 1.39 bits per heavy atom. The van der Waals surface area contributed by atoms with Gasteiger partial charge in [-0.25, -0.2) is 4.79 Å². The Morgan fingerprint density at radius 3 is 2.00 bits per heavy atom. The molecule has 0 aliphatic rings. The van der Waals surface area contributed by atoms with E-state index in [1.54, 1.807) is 0 Å². The van der Waals surface area contributed by atoms with Crippen LogP contribution in [0.5, 0.6) is 0 Å². The maximum Gasteiger partial charge on any atom is 0.416 e. The standard InChI is InChI=1S/C22H16F6O5/c23-21(24,25)16-8-5-15(6-9-16)20(31)33-12-11-32-19(30)13-17(29)10-7-14-3-1-2-4-18(14)22(26,27)28/h1-10H,11-13H2. The van der Waals surface area contributed by atoms with Crippen LogP contribution in [0, 0.1) is 0 Å². The molecule has 0 saturated carbocycles. The summed E-state index contributed by atoms with van der Waals surface area (Å²) >= 11 is 0. The van der Waals surface area contributed by atoms with Crippen molar-refractivity contribution < 1.29 is 50.2 Å². The molecule has 2 rings (SSSR count). The molecule has 33 heavy (non-hydrogen) atoms. The lowest BCUT2D eigenvalue weighted by atomic mass is 10.1. The lowest BCUT2D eigenvalue weighted by molar-refractivity contribution is -0.146. The van der Waals surface area contributed by atoms with Crippen molar-refractivity contribution >= 4 is 23.8 Å². The van der Waals surface area contributed by atoms with Crippen LogP contribution in [0.25, 0.3) is 6.08 Å². The molecule has 0 saturated heterocycles. The highest BCUT2D eigenvalue weighted by Gasteiger charge is 2.32. The quantitative estimate of drug-likeness (QED) is 0.175. The van der Waals surface area contributed by atoms with Crippen LogP contribution in [0.3, 0.4) is 0 Å². The summed E-state index contributed by atoms with van der Waals surface area (Å²) in [6.45, 7) is -0.853. The van der Waals surface area contributed by atoms with E-state index in [0.717, 1.165) is 36.4 Å². The van der Waals surface area contributed by atoms with E-state index in [0.29, 0.717) is 12.1 Å². The van der Waals surface area contributed by atoms with Crippen molar-refractivity contribution in [3.05, 3.63) is 76.9 Å². The number of rotatable bonds is 8. The summed E-state index contributed by atoms with van der Waals surface area (Å²) in [6, 6.07) is 7.85. The van der Waals surface area contributed by atoms with Gasteiger partial charge in [0.2, 0.25) is 0 Å². The molecule has 0 radical (unpaired) electrons. The number of halogens is 6. The van der Waals surface area contributed by atoms with E-state index in [-0.39, 0.29) is 11.1 Å². The molecule has 0 unspecified atom stereocenters. The average molecular weight is 474 g/mol. The summed E-state index contributed by atoms with van der Waals surface area (Å²) < 4.78 is 85.7. The minimum Gasteiger partial charge on any atom is -0.462 e. The first-order chi connectivity index (χ1) is 15.4. The lowest BCUT2D eigenvalue weighted by Gasteiger charge is -2.09. The second kappa shape index (κ2) is 10.8. The zero-order chi connectivity index (χ0) is 24.6. The number of allylic oxidation sites excluding steroid dienone is 1. The van der Waals surface area contributed by atoms with Crippen molar-refractivity contribution in [1.82, 2.24) is 0 Å². The van der Waals surface area contributed by atoms with Gasteiger partial charge in [-0.1, -0.05) is 24.3 Å². The number of hydrogen-bond donors (Lipinski definition) is 0. The minimum atomic E-state index is -4.61. The number of carbonyl (C=O) groups is 3. The first-order valence-electron chi connectivity index (χ1n) is 9.25. The van der Waals surface area contributed by atoms with Gasteiger partial charge in [0.05, 0.1) is 16.7 Å². The number of ether oxygens (including phenoxy) is 2. The van der Waals surface area contributed by atoms with Crippen molar-refractivity contribution in [3.8, 4) is 0 Å². The highest BCUT2D eigenvalue weighted by molar-refractivity contribution is 6.04. The van der Waals surface area contributed by atoms with Crippen molar-refractivity contribution in [2.45, 2.75) is 18.8 Å². The normalized spacial score (nSPS) is 11.9. The molecule has 11 heteroatoms. The summed E-state index contributed by atoms with van der Waals surface area (Å²) in [4.78, 5) is 35.2. The minimum absolute atomic E-state index is 0.145.